The lowest BCUT2D eigenvalue weighted by atomic mass is 10.1. The van der Waals surface area contributed by atoms with E-state index in [0.29, 0.717) is 6.20 Å². The third-order valence-corrected chi connectivity index (χ3v) is 1.99. The van der Waals surface area contributed by atoms with Gasteiger partial charge in [-0.05, 0) is 0 Å². The second kappa shape index (κ2) is 5.34. The van der Waals surface area contributed by atoms with Gasteiger partial charge in [0, 0.05) is 23.9 Å². The van der Waals surface area contributed by atoms with Crippen molar-refractivity contribution in [1.82, 2.24) is 4.98 Å². The van der Waals surface area contributed by atoms with Crippen molar-refractivity contribution in [3.63, 3.8) is 0 Å². The molecule has 9 heteroatoms. The lowest BCUT2D eigenvalue weighted by Crippen LogP contribution is -2.20. The molecule has 0 saturated carbocycles. The number of nitrogens with two attached hydrogens (primary N) is 1. The molecule has 4 nitrogen and oxygen atoms in total. The molecule has 0 aliphatic carbocycles. The number of alkyl halides is 5. The van der Waals surface area contributed by atoms with E-state index in [1.54, 1.807) is 0 Å². The molecule has 0 spiro atoms. The van der Waals surface area contributed by atoms with Gasteiger partial charge in [-0.2, -0.15) is 0 Å². The van der Waals surface area contributed by atoms with E-state index < -0.39 is 42.1 Å². The molecule has 1 aromatic rings. The Morgan fingerprint density at radius 1 is 1.39 bits per heavy atom. The van der Waals surface area contributed by atoms with E-state index in [1.165, 1.54) is 0 Å². The Morgan fingerprint density at radius 3 is 2.39 bits per heavy atom. The van der Waals surface area contributed by atoms with Crippen molar-refractivity contribution in [2.75, 3.05) is 7.11 Å². The number of rotatable bonds is 4. The van der Waals surface area contributed by atoms with E-state index in [9.17, 15) is 22.0 Å². The first kappa shape index (κ1) is 14.4. The number of aromatic nitrogens is 1. The van der Waals surface area contributed by atoms with E-state index in [1.807, 2.05) is 0 Å². The van der Waals surface area contributed by atoms with Gasteiger partial charge in [-0.15, -0.1) is 13.2 Å². The molecule has 2 N–H and O–H groups in total. The highest BCUT2D eigenvalue weighted by Gasteiger charge is 2.35. The van der Waals surface area contributed by atoms with Crippen molar-refractivity contribution in [3.05, 3.63) is 17.3 Å². The Morgan fingerprint density at radius 2 is 2.00 bits per heavy atom. The molecule has 0 unspecified atom stereocenters. The normalized spacial score (nSPS) is 11.8. The van der Waals surface area contributed by atoms with Crippen LogP contribution in [0, 0.1) is 0 Å². The molecule has 0 saturated heterocycles. The minimum absolute atomic E-state index is 0.492. The summed E-state index contributed by atoms with van der Waals surface area (Å²) in [7, 11) is 1.04. The lowest BCUT2D eigenvalue weighted by molar-refractivity contribution is -0.275. The summed E-state index contributed by atoms with van der Waals surface area (Å²) in [5.41, 5.74) is 3.95. The van der Waals surface area contributed by atoms with Crippen LogP contribution < -0.4 is 15.2 Å². The molecule has 0 amide bonds. The Balaban J connectivity index is 3.37. The standard InChI is InChI=1S/C9H9F5N2O2/c1-17-8-6(18-9(12,13)14)4(2-15)5(3-16-8)7(10)11/h3,7H,2,15H2,1H3. The van der Waals surface area contributed by atoms with E-state index in [0.717, 1.165) is 7.11 Å². The fraction of sp³-hybridized carbons (Fsp3) is 0.444. The summed E-state index contributed by atoms with van der Waals surface area (Å²) in [5.74, 6) is -1.50. The van der Waals surface area contributed by atoms with Crippen LogP contribution in [0.25, 0.3) is 0 Å². The second-order valence-electron chi connectivity index (χ2n) is 3.08. The number of hydrogen-bond donors (Lipinski definition) is 1. The average molecular weight is 272 g/mol. The van der Waals surface area contributed by atoms with Crippen molar-refractivity contribution in [1.29, 1.82) is 0 Å². The maximum Gasteiger partial charge on any atom is 0.573 e. The van der Waals surface area contributed by atoms with Gasteiger partial charge in [0.05, 0.1) is 7.11 Å². The Hall–Kier alpha value is -1.64. The van der Waals surface area contributed by atoms with Gasteiger partial charge < -0.3 is 15.2 Å². The summed E-state index contributed by atoms with van der Waals surface area (Å²) in [6, 6.07) is 0. The number of nitrogens with zero attached hydrogens (tertiary/aromatic N) is 1. The highest BCUT2D eigenvalue weighted by molar-refractivity contribution is 5.46. The Labute approximate surface area is 98.5 Å². The molecule has 0 bridgehead atoms. The van der Waals surface area contributed by atoms with Crippen LogP contribution in [0.5, 0.6) is 11.6 Å². The summed E-state index contributed by atoms with van der Waals surface area (Å²) in [6.45, 7) is -0.566. The van der Waals surface area contributed by atoms with Crippen LogP contribution in [0.15, 0.2) is 6.20 Å². The van der Waals surface area contributed by atoms with Crippen LogP contribution >= 0.6 is 0 Å². The van der Waals surface area contributed by atoms with Gasteiger partial charge >= 0.3 is 6.36 Å². The number of hydrogen-bond acceptors (Lipinski definition) is 4. The summed E-state index contributed by atoms with van der Waals surface area (Å²) < 4.78 is 69.9. The Bertz CT molecular complexity index is 422. The molecule has 0 atom stereocenters. The van der Waals surface area contributed by atoms with Crippen molar-refractivity contribution in [2.45, 2.75) is 19.3 Å². The maximum atomic E-state index is 12.6. The lowest BCUT2D eigenvalue weighted by Gasteiger charge is -2.17. The predicted molar refractivity (Wildman–Crippen MR) is 50.3 cm³/mol. The highest BCUT2D eigenvalue weighted by Crippen LogP contribution is 2.38. The summed E-state index contributed by atoms with van der Waals surface area (Å²) in [4.78, 5) is 3.33. The third-order valence-electron chi connectivity index (χ3n) is 1.99. The molecule has 0 aromatic carbocycles. The van der Waals surface area contributed by atoms with Crippen LogP contribution in [0.4, 0.5) is 22.0 Å². The molecule has 0 radical (unpaired) electrons. The monoisotopic (exact) mass is 272 g/mol. The van der Waals surface area contributed by atoms with Crippen molar-refractivity contribution in [3.8, 4) is 11.6 Å². The minimum Gasteiger partial charge on any atom is -0.478 e. The van der Waals surface area contributed by atoms with Crippen molar-refractivity contribution >= 4 is 0 Å². The minimum atomic E-state index is -5.06. The smallest absolute Gasteiger partial charge is 0.478 e. The zero-order valence-corrected chi connectivity index (χ0v) is 9.09. The van der Waals surface area contributed by atoms with Crippen molar-refractivity contribution < 1.29 is 31.4 Å². The second-order valence-corrected chi connectivity index (χ2v) is 3.08. The fourth-order valence-corrected chi connectivity index (χ4v) is 1.29. The largest absolute Gasteiger partial charge is 0.573 e. The van der Waals surface area contributed by atoms with Crippen LogP contribution in [-0.2, 0) is 6.54 Å². The van der Waals surface area contributed by atoms with Gasteiger partial charge in [0.1, 0.15) is 0 Å². The maximum absolute atomic E-state index is 12.6. The summed E-state index contributed by atoms with van der Waals surface area (Å²) >= 11 is 0. The van der Waals surface area contributed by atoms with E-state index in [4.69, 9.17) is 5.73 Å². The molecule has 1 aromatic heterocycles. The van der Waals surface area contributed by atoms with Gasteiger partial charge in [0.2, 0.25) is 0 Å². The van der Waals surface area contributed by atoms with Crippen molar-refractivity contribution in [2.24, 2.45) is 5.73 Å². The molecule has 0 aliphatic heterocycles. The first-order valence-corrected chi connectivity index (χ1v) is 4.59. The molecule has 18 heavy (non-hydrogen) atoms. The molecular formula is C9H9F5N2O2. The fourth-order valence-electron chi connectivity index (χ4n) is 1.29. The van der Waals surface area contributed by atoms with Crippen LogP contribution in [0.3, 0.4) is 0 Å². The zero-order chi connectivity index (χ0) is 13.9. The molecule has 102 valence electrons. The SMILES string of the molecule is COc1ncc(C(F)F)c(CN)c1OC(F)(F)F. The summed E-state index contributed by atoms with van der Waals surface area (Å²) in [5, 5.41) is 0. The molecule has 1 heterocycles. The van der Waals surface area contributed by atoms with E-state index in [-0.39, 0.29) is 0 Å². The molecule has 0 aliphatic rings. The van der Waals surface area contributed by atoms with Crippen LogP contribution in [0.1, 0.15) is 17.6 Å². The van der Waals surface area contributed by atoms with E-state index in [2.05, 4.69) is 14.5 Å². The topological polar surface area (TPSA) is 57.4 Å². The van der Waals surface area contributed by atoms with Gasteiger partial charge in [0.15, 0.2) is 5.75 Å². The number of ether oxygens (including phenoxy) is 2. The van der Waals surface area contributed by atoms with Crippen LogP contribution in [-0.4, -0.2) is 18.5 Å². The first-order valence-electron chi connectivity index (χ1n) is 4.59. The van der Waals surface area contributed by atoms with Gasteiger partial charge in [-0.25, -0.2) is 13.8 Å². The van der Waals surface area contributed by atoms with Gasteiger partial charge in [0.25, 0.3) is 12.3 Å². The van der Waals surface area contributed by atoms with Gasteiger partial charge in [-0.3, -0.25) is 0 Å². The highest BCUT2D eigenvalue weighted by atomic mass is 19.4. The molecule has 1 rings (SSSR count). The number of halogens is 5. The summed E-state index contributed by atoms with van der Waals surface area (Å²) in [6.07, 6.45) is -7.37. The Kier molecular flexibility index (Phi) is 4.28. The molecular weight excluding hydrogens is 263 g/mol. The predicted octanol–water partition coefficient (Wildman–Crippen LogP) is 2.39. The number of methoxy groups -OCH3 is 1. The number of pyridine rings is 1. The zero-order valence-electron chi connectivity index (χ0n) is 9.09. The molecule has 0 fully saturated rings. The van der Waals surface area contributed by atoms with Gasteiger partial charge in [-0.1, -0.05) is 0 Å². The van der Waals surface area contributed by atoms with Crippen LogP contribution in [0.2, 0.25) is 0 Å². The quantitative estimate of drug-likeness (QED) is 0.855. The third kappa shape index (κ3) is 3.19. The van der Waals surface area contributed by atoms with E-state index >= 15 is 0 Å². The first-order chi connectivity index (χ1) is 8.30. The average Bonchev–Trinajstić information content (AvgIpc) is 2.26.